The summed E-state index contributed by atoms with van der Waals surface area (Å²) in [6.45, 7) is 1.53. The Labute approximate surface area is 133 Å². The molecule has 1 N–H and O–H groups in total. The molecule has 23 heavy (non-hydrogen) atoms. The molecule has 0 heterocycles. The monoisotopic (exact) mass is 317 g/mol. The third-order valence-corrected chi connectivity index (χ3v) is 3.07. The molecule has 0 bridgehead atoms. The van der Waals surface area contributed by atoms with Crippen molar-refractivity contribution in [1.29, 1.82) is 0 Å². The number of amides is 1. The topological polar surface area (TPSA) is 64.6 Å². The third-order valence-electron chi connectivity index (χ3n) is 3.07. The van der Waals surface area contributed by atoms with E-state index in [-0.39, 0.29) is 5.69 Å². The molecule has 1 atom stereocenters. The Bertz CT molecular complexity index is 717. The standard InChI is InChI=1S/C17H16FNO4/c1-11(16(20)19-15-9-4-3-8-14(15)18)23-13-7-5-6-12(10-13)17(21)22-2/h3-11H,1-2H3,(H,19,20)/t11-/m1/s1. The molecule has 2 aromatic carbocycles. The van der Waals surface area contributed by atoms with Gasteiger partial charge >= 0.3 is 5.97 Å². The van der Waals surface area contributed by atoms with Crippen LogP contribution in [0.15, 0.2) is 48.5 Å². The predicted octanol–water partition coefficient (Wildman–Crippen LogP) is 3.02. The highest BCUT2D eigenvalue weighted by molar-refractivity contribution is 5.94. The van der Waals surface area contributed by atoms with E-state index in [2.05, 4.69) is 10.1 Å². The Balaban J connectivity index is 2.04. The first-order valence-corrected chi connectivity index (χ1v) is 6.91. The number of methoxy groups -OCH3 is 1. The highest BCUT2D eigenvalue weighted by atomic mass is 19.1. The van der Waals surface area contributed by atoms with E-state index >= 15 is 0 Å². The van der Waals surface area contributed by atoms with Crippen LogP contribution in [0.25, 0.3) is 0 Å². The van der Waals surface area contributed by atoms with Crippen molar-refractivity contribution in [1.82, 2.24) is 0 Å². The maximum absolute atomic E-state index is 13.5. The van der Waals surface area contributed by atoms with Gasteiger partial charge in [0.2, 0.25) is 0 Å². The third kappa shape index (κ3) is 4.29. The highest BCUT2D eigenvalue weighted by Gasteiger charge is 2.17. The number of nitrogens with one attached hydrogen (secondary N) is 1. The van der Waals surface area contributed by atoms with Crippen LogP contribution in [0.2, 0.25) is 0 Å². The Hall–Kier alpha value is -2.89. The zero-order valence-electron chi connectivity index (χ0n) is 12.7. The minimum atomic E-state index is -0.873. The van der Waals surface area contributed by atoms with Crippen LogP contribution in [0.5, 0.6) is 5.75 Å². The van der Waals surface area contributed by atoms with Gasteiger partial charge in [0.25, 0.3) is 5.91 Å². The lowest BCUT2D eigenvalue weighted by atomic mass is 10.2. The minimum Gasteiger partial charge on any atom is -0.481 e. The normalized spacial score (nSPS) is 11.4. The summed E-state index contributed by atoms with van der Waals surface area (Å²) in [4.78, 5) is 23.5. The fourth-order valence-electron chi connectivity index (χ4n) is 1.87. The van der Waals surface area contributed by atoms with Crippen LogP contribution in [-0.2, 0) is 9.53 Å². The number of carbonyl (C=O) groups is 2. The summed E-state index contributed by atoms with van der Waals surface area (Å²) in [5.74, 6) is -1.19. The van der Waals surface area contributed by atoms with E-state index in [1.54, 1.807) is 24.3 Å². The lowest BCUT2D eigenvalue weighted by Gasteiger charge is -2.15. The molecule has 0 radical (unpaired) electrons. The molecule has 0 aliphatic rings. The molecule has 0 aliphatic carbocycles. The van der Waals surface area contributed by atoms with E-state index in [1.165, 1.54) is 38.3 Å². The Morgan fingerprint density at radius 1 is 1.13 bits per heavy atom. The van der Waals surface area contributed by atoms with Crippen LogP contribution < -0.4 is 10.1 Å². The molecule has 120 valence electrons. The molecule has 0 aromatic heterocycles. The molecule has 0 saturated heterocycles. The number of esters is 1. The van der Waals surface area contributed by atoms with E-state index in [1.807, 2.05) is 0 Å². The van der Waals surface area contributed by atoms with Crippen molar-refractivity contribution in [2.24, 2.45) is 0 Å². The number of hydrogen-bond donors (Lipinski definition) is 1. The molecule has 0 saturated carbocycles. The van der Waals surface area contributed by atoms with Gasteiger partial charge < -0.3 is 14.8 Å². The molecule has 1 amide bonds. The van der Waals surface area contributed by atoms with Crippen LogP contribution in [-0.4, -0.2) is 25.1 Å². The number of halogens is 1. The zero-order chi connectivity index (χ0) is 16.8. The molecular formula is C17H16FNO4. The summed E-state index contributed by atoms with van der Waals surface area (Å²) in [6, 6.07) is 12.1. The SMILES string of the molecule is COC(=O)c1cccc(O[C@H](C)C(=O)Nc2ccccc2F)c1. The fraction of sp³-hybridized carbons (Fsp3) is 0.176. The fourth-order valence-corrected chi connectivity index (χ4v) is 1.87. The van der Waals surface area contributed by atoms with Crippen LogP contribution in [0, 0.1) is 5.82 Å². The molecule has 0 fully saturated rings. The molecular weight excluding hydrogens is 301 g/mol. The largest absolute Gasteiger partial charge is 0.481 e. The van der Waals surface area contributed by atoms with Crippen molar-refractivity contribution >= 4 is 17.6 Å². The van der Waals surface area contributed by atoms with E-state index in [9.17, 15) is 14.0 Å². The number of benzene rings is 2. The minimum absolute atomic E-state index is 0.0799. The Morgan fingerprint density at radius 2 is 1.87 bits per heavy atom. The summed E-state index contributed by atoms with van der Waals surface area (Å²) in [5.41, 5.74) is 0.392. The summed E-state index contributed by atoms with van der Waals surface area (Å²) >= 11 is 0. The van der Waals surface area contributed by atoms with Gasteiger partial charge in [-0.05, 0) is 37.3 Å². The van der Waals surface area contributed by atoms with Crippen molar-refractivity contribution in [2.45, 2.75) is 13.0 Å². The molecule has 5 nitrogen and oxygen atoms in total. The van der Waals surface area contributed by atoms with Crippen molar-refractivity contribution in [3.8, 4) is 5.75 Å². The number of hydrogen-bond acceptors (Lipinski definition) is 4. The second kappa shape index (κ2) is 7.40. The van der Waals surface area contributed by atoms with Crippen molar-refractivity contribution in [3.63, 3.8) is 0 Å². The summed E-state index contributed by atoms with van der Waals surface area (Å²) in [7, 11) is 1.28. The van der Waals surface area contributed by atoms with Crippen molar-refractivity contribution in [2.75, 3.05) is 12.4 Å². The first kappa shape index (κ1) is 16.5. The van der Waals surface area contributed by atoms with E-state index in [0.29, 0.717) is 11.3 Å². The van der Waals surface area contributed by atoms with Crippen molar-refractivity contribution in [3.05, 3.63) is 59.9 Å². The van der Waals surface area contributed by atoms with Crippen LogP contribution >= 0.6 is 0 Å². The van der Waals surface area contributed by atoms with Crippen molar-refractivity contribution < 1.29 is 23.5 Å². The van der Waals surface area contributed by atoms with Crippen LogP contribution in [0.4, 0.5) is 10.1 Å². The van der Waals surface area contributed by atoms with Crippen LogP contribution in [0.3, 0.4) is 0 Å². The quantitative estimate of drug-likeness (QED) is 0.861. The molecule has 0 unspecified atom stereocenters. The van der Waals surface area contributed by atoms with Crippen LogP contribution in [0.1, 0.15) is 17.3 Å². The first-order chi connectivity index (χ1) is 11.0. The Morgan fingerprint density at radius 3 is 2.57 bits per heavy atom. The average Bonchev–Trinajstić information content (AvgIpc) is 2.56. The molecule has 0 spiro atoms. The highest BCUT2D eigenvalue weighted by Crippen LogP contribution is 2.17. The summed E-state index contributed by atoms with van der Waals surface area (Å²) < 4.78 is 23.6. The van der Waals surface area contributed by atoms with Gasteiger partial charge in [0, 0.05) is 0 Å². The second-order valence-electron chi connectivity index (χ2n) is 4.75. The second-order valence-corrected chi connectivity index (χ2v) is 4.75. The lowest BCUT2D eigenvalue weighted by Crippen LogP contribution is -2.30. The van der Waals surface area contributed by atoms with Gasteiger partial charge in [0.05, 0.1) is 18.4 Å². The number of ether oxygens (including phenoxy) is 2. The lowest BCUT2D eigenvalue weighted by molar-refractivity contribution is -0.122. The van der Waals surface area contributed by atoms with Gasteiger partial charge in [-0.2, -0.15) is 0 Å². The molecule has 2 aromatic rings. The summed E-state index contributed by atoms with van der Waals surface area (Å²) in [5, 5.41) is 2.45. The average molecular weight is 317 g/mol. The van der Waals surface area contributed by atoms with Gasteiger partial charge in [0.1, 0.15) is 11.6 Å². The number of para-hydroxylation sites is 1. The van der Waals surface area contributed by atoms with E-state index in [0.717, 1.165) is 0 Å². The Kier molecular flexibility index (Phi) is 5.30. The molecule has 0 aliphatic heterocycles. The zero-order valence-corrected chi connectivity index (χ0v) is 12.7. The van der Waals surface area contributed by atoms with Gasteiger partial charge in [-0.15, -0.1) is 0 Å². The molecule has 2 rings (SSSR count). The van der Waals surface area contributed by atoms with Gasteiger partial charge in [-0.3, -0.25) is 4.79 Å². The summed E-state index contributed by atoms with van der Waals surface area (Å²) in [6.07, 6.45) is -0.873. The van der Waals surface area contributed by atoms with Gasteiger partial charge in [-0.25, -0.2) is 9.18 Å². The first-order valence-electron chi connectivity index (χ1n) is 6.91. The van der Waals surface area contributed by atoms with Gasteiger partial charge in [0.15, 0.2) is 6.10 Å². The number of carbonyl (C=O) groups excluding carboxylic acids is 2. The number of anilines is 1. The van der Waals surface area contributed by atoms with E-state index in [4.69, 9.17) is 4.74 Å². The van der Waals surface area contributed by atoms with E-state index < -0.39 is 23.8 Å². The molecule has 6 heteroatoms. The smallest absolute Gasteiger partial charge is 0.337 e. The number of rotatable bonds is 5. The van der Waals surface area contributed by atoms with Gasteiger partial charge in [-0.1, -0.05) is 18.2 Å². The predicted molar refractivity (Wildman–Crippen MR) is 82.9 cm³/mol. The maximum atomic E-state index is 13.5. The maximum Gasteiger partial charge on any atom is 0.337 e.